The predicted octanol–water partition coefficient (Wildman–Crippen LogP) is 2.47. The Balaban J connectivity index is 2.54. The largest absolute Gasteiger partial charge is 0.271 e. The van der Waals surface area contributed by atoms with Crippen LogP contribution in [0.5, 0.6) is 0 Å². The summed E-state index contributed by atoms with van der Waals surface area (Å²) in [5, 5.41) is 0.819. The van der Waals surface area contributed by atoms with E-state index in [4.69, 9.17) is 17.4 Å². The molecule has 0 radical (unpaired) electrons. The minimum Gasteiger partial charge on any atom is -0.271 e. The highest BCUT2D eigenvalue weighted by atomic mass is 35.5. The normalized spacial score (nSPS) is 12.7. The summed E-state index contributed by atoms with van der Waals surface area (Å²) >= 11 is 7.96. The second kappa shape index (κ2) is 7.12. The second-order valence-corrected chi connectivity index (χ2v) is 5.04. The molecule has 84 valence electrons. The van der Waals surface area contributed by atoms with E-state index in [0.717, 1.165) is 28.5 Å². The van der Waals surface area contributed by atoms with Crippen LogP contribution in [0, 0.1) is 0 Å². The lowest BCUT2D eigenvalue weighted by Crippen LogP contribution is -2.38. The molecular formula is C11H17ClN2S. The van der Waals surface area contributed by atoms with Gasteiger partial charge in [0.1, 0.15) is 0 Å². The van der Waals surface area contributed by atoms with Crippen molar-refractivity contribution in [3.8, 4) is 0 Å². The van der Waals surface area contributed by atoms with Gasteiger partial charge in [-0.3, -0.25) is 11.3 Å². The molecule has 0 aromatic heterocycles. The van der Waals surface area contributed by atoms with Crippen LogP contribution in [-0.2, 0) is 6.42 Å². The third-order valence-electron chi connectivity index (χ3n) is 2.18. The molecule has 0 aliphatic heterocycles. The lowest BCUT2D eigenvalue weighted by Gasteiger charge is -2.15. The maximum absolute atomic E-state index is 6.08. The first-order valence-electron chi connectivity index (χ1n) is 5.05. The Bertz CT molecular complexity index is 294. The van der Waals surface area contributed by atoms with Crippen molar-refractivity contribution < 1.29 is 0 Å². The third-order valence-corrected chi connectivity index (χ3v) is 3.60. The van der Waals surface area contributed by atoms with Gasteiger partial charge in [-0.05, 0) is 23.8 Å². The summed E-state index contributed by atoms with van der Waals surface area (Å²) < 4.78 is 0. The van der Waals surface area contributed by atoms with Gasteiger partial charge in [-0.1, -0.05) is 36.7 Å². The number of benzene rings is 1. The zero-order valence-electron chi connectivity index (χ0n) is 8.87. The van der Waals surface area contributed by atoms with Crippen molar-refractivity contribution >= 4 is 23.4 Å². The van der Waals surface area contributed by atoms with E-state index in [0.29, 0.717) is 0 Å². The van der Waals surface area contributed by atoms with Crippen LogP contribution < -0.4 is 11.3 Å². The highest BCUT2D eigenvalue weighted by Gasteiger charge is 2.09. The molecule has 0 aliphatic rings. The molecular weight excluding hydrogens is 228 g/mol. The van der Waals surface area contributed by atoms with Gasteiger partial charge >= 0.3 is 0 Å². The third kappa shape index (κ3) is 4.43. The lowest BCUT2D eigenvalue weighted by molar-refractivity contribution is 0.575. The molecule has 3 N–H and O–H groups in total. The molecule has 0 spiro atoms. The van der Waals surface area contributed by atoms with E-state index in [-0.39, 0.29) is 6.04 Å². The van der Waals surface area contributed by atoms with Crippen LogP contribution in [0.3, 0.4) is 0 Å². The number of thioether (sulfide) groups is 1. The average molecular weight is 245 g/mol. The van der Waals surface area contributed by atoms with E-state index in [2.05, 4.69) is 12.3 Å². The van der Waals surface area contributed by atoms with Gasteiger partial charge in [0.15, 0.2) is 0 Å². The average Bonchev–Trinajstić information content (AvgIpc) is 2.26. The van der Waals surface area contributed by atoms with Crippen LogP contribution >= 0.6 is 23.4 Å². The maximum atomic E-state index is 6.08. The standard InChI is InChI=1S/C11H17ClN2S/c1-2-15-8-10(14-13)7-9-5-3-4-6-11(9)12/h3-6,10,14H,2,7-8,13H2,1H3. The van der Waals surface area contributed by atoms with Crippen molar-refractivity contribution in [3.63, 3.8) is 0 Å². The molecule has 4 heteroatoms. The van der Waals surface area contributed by atoms with E-state index in [1.54, 1.807) is 0 Å². The van der Waals surface area contributed by atoms with Gasteiger partial charge in [0, 0.05) is 16.8 Å². The van der Waals surface area contributed by atoms with Crippen LogP contribution in [-0.4, -0.2) is 17.5 Å². The molecule has 0 saturated heterocycles. The van der Waals surface area contributed by atoms with Crippen molar-refractivity contribution in [2.45, 2.75) is 19.4 Å². The molecule has 15 heavy (non-hydrogen) atoms. The summed E-state index contributed by atoms with van der Waals surface area (Å²) in [6.07, 6.45) is 0.878. The van der Waals surface area contributed by atoms with Gasteiger partial charge in [0.25, 0.3) is 0 Å². The van der Waals surface area contributed by atoms with Gasteiger partial charge in [0.2, 0.25) is 0 Å². The Morgan fingerprint density at radius 3 is 2.80 bits per heavy atom. The van der Waals surface area contributed by atoms with Crippen LogP contribution in [0.25, 0.3) is 0 Å². The minimum absolute atomic E-state index is 0.287. The fraction of sp³-hybridized carbons (Fsp3) is 0.455. The van der Waals surface area contributed by atoms with Crippen molar-refractivity contribution in [1.29, 1.82) is 0 Å². The van der Waals surface area contributed by atoms with E-state index in [9.17, 15) is 0 Å². The van der Waals surface area contributed by atoms with Gasteiger partial charge in [-0.25, -0.2) is 0 Å². The number of hydrazine groups is 1. The first-order valence-corrected chi connectivity index (χ1v) is 6.58. The summed E-state index contributed by atoms with van der Waals surface area (Å²) in [4.78, 5) is 0. The molecule has 0 bridgehead atoms. The molecule has 0 amide bonds. The Kier molecular flexibility index (Phi) is 6.10. The quantitative estimate of drug-likeness (QED) is 0.597. The maximum Gasteiger partial charge on any atom is 0.0438 e. The van der Waals surface area contributed by atoms with Crippen molar-refractivity contribution in [2.75, 3.05) is 11.5 Å². The SMILES string of the molecule is CCSCC(Cc1ccccc1Cl)NN. The van der Waals surface area contributed by atoms with Crippen molar-refractivity contribution in [3.05, 3.63) is 34.9 Å². The number of nitrogens with one attached hydrogen (secondary N) is 1. The fourth-order valence-electron chi connectivity index (χ4n) is 1.36. The van der Waals surface area contributed by atoms with Gasteiger partial charge in [-0.2, -0.15) is 11.8 Å². The smallest absolute Gasteiger partial charge is 0.0438 e. The summed E-state index contributed by atoms with van der Waals surface area (Å²) in [6, 6.07) is 8.19. The molecule has 0 aliphatic carbocycles. The monoisotopic (exact) mass is 244 g/mol. The van der Waals surface area contributed by atoms with Crippen LogP contribution in [0.15, 0.2) is 24.3 Å². The molecule has 1 aromatic rings. The van der Waals surface area contributed by atoms with E-state index >= 15 is 0 Å². The Morgan fingerprint density at radius 1 is 1.47 bits per heavy atom. The molecule has 1 rings (SSSR count). The zero-order valence-corrected chi connectivity index (χ0v) is 10.4. The van der Waals surface area contributed by atoms with Crippen LogP contribution in [0.2, 0.25) is 5.02 Å². The Morgan fingerprint density at radius 2 is 2.20 bits per heavy atom. The van der Waals surface area contributed by atoms with Crippen molar-refractivity contribution in [2.24, 2.45) is 5.84 Å². The van der Waals surface area contributed by atoms with Crippen LogP contribution in [0.1, 0.15) is 12.5 Å². The Labute approximate surface area is 101 Å². The van der Waals surface area contributed by atoms with E-state index in [1.807, 2.05) is 36.0 Å². The minimum atomic E-state index is 0.287. The number of hydrogen-bond acceptors (Lipinski definition) is 3. The number of hydrogen-bond donors (Lipinski definition) is 2. The molecule has 1 unspecified atom stereocenters. The van der Waals surface area contributed by atoms with Gasteiger partial charge in [0.05, 0.1) is 0 Å². The molecule has 0 heterocycles. The Hall–Kier alpha value is -0.220. The summed E-state index contributed by atoms with van der Waals surface area (Å²) in [5.74, 6) is 7.63. The highest BCUT2D eigenvalue weighted by Crippen LogP contribution is 2.17. The number of nitrogens with two attached hydrogens (primary N) is 1. The second-order valence-electron chi connectivity index (χ2n) is 3.32. The number of rotatable bonds is 6. The molecule has 1 atom stereocenters. The number of halogens is 1. The molecule has 0 fully saturated rings. The predicted molar refractivity (Wildman–Crippen MR) is 69.3 cm³/mol. The van der Waals surface area contributed by atoms with E-state index in [1.165, 1.54) is 0 Å². The molecule has 2 nitrogen and oxygen atoms in total. The summed E-state index contributed by atoms with van der Waals surface area (Å²) in [6.45, 7) is 2.15. The molecule has 0 saturated carbocycles. The topological polar surface area (TPSA) is 38.0 Å². The highest BCUT2D eigenvalue weighted by molar-refractivity contribution is 7.99. The van der Waals surface area contributed by atoms with E-state index < -0.39 is 0 Å². The summed E-state index contributed by atoms with van der Waals surface area (Å²) in [7, 11) is 0. The van der Waals surface area contributed by atoms with Crippen LogP contribution in [0.4, 0.5) is 0 Å². The lowest BCUT2D eigenvalue weighted by atomic mass is 10.1. The fourth-order valence-corrected chi connectivity index (χ4v) is 2.30. The summed E-state index contributed by atoms with van der Waals surface area (Å²) in [5.41, 5.74) is 3.98. The first-order chi connectivity index (χ1) is 7.27. The van der Waals surface area contributed by atoms with Crippen molar-refractivity contribution in [1.82, 2.24) is 5.43 Å². The molecule has 1 aromatic carbocycles. The van der Waals surface area contributed by atoms with Gasteiger partial charge < -0.3 is 0 Å². The first kappa shape index (κ1) is 12.8. The zero-order chi connectivity index (χ0) is 11.1. The van der Waals surface area contributed by atoms with Gasteiger partial charge in [-0.15, -0.1) is 0 Å².